The minimum Gasteiger partial charge on any atom is -0.344 e. The van der Waals surface area contributed by atoms with Crippen molar-refractivity contribution in [3.05, 3.63) is 0 Å². The van der Waals surface area contributed by atoms with Crippen LogP contribution in [0.25, 0.3) is 0 Å². The van der Waals surface area contributed by atoms with Crippen molar-refractivity contribution in [1.82, 2.24) is 0 Å². The standard InChI is InChI=1S/C6H15N/c1-5-6(2,3)7-4/h7H,5H2,1-4H3/p+1. The molecule has 0 aliphatic rings. The van der Waals surface area contributed by atoms with Crippen LogP contribution < -0.4 is 5.32 Å². The topological polar surface area (TPSA) is 16.6 Å². The fraction of sp³-hybridized carbons (Fsp3) is 1.00. The Balaban J connectivity index is 3.36. The number of nitrogens with two attached hydrogens (primary N) is 1. The second kappa shape index (κ2) is 2.31. The highest BCUT2D eigenvalue weighted by Crippen LogP contribution is 1.97. The zero-order valence-electron chi connectivity index (χ0n) is 5.78. The fourth-order valence-corrected chi connectivity index (χ4v) is 0.204. The predicted octanol–water partition coefficient (Wildman–Crippen LogP) is 0.368. The van der Waals surface area contributed by atoms with E-state index in [9.17, 15) is 0 Å². The van der Waals surface area contributed by atoms with Crippen LogP contribution in [0.3, 0.4) is 0 Å². The van der Waals surface area contributed by atoms with Crippen LogP contribution in [-0.2, 0) is 0 Å². The van der Waals surface area contributed by atoms with Crippen molar-refractivity contribution in [1.29, 1.82) is 0 Å². The van der Waals surface area contributed by atoms with Gasteiger partial charge >= 0.3 is 0 Å². The third kappa shape index (κ3) is 2.63. The van der Waals surface area contributed by atoms with E-state index in [1.54, 1.807) is 0 Å². The highest BCUT2D eigenvalue weighted by Gasteiger charge is 2.13. The minimum atomic E-state index is 0.458. The molecule has 0 unspecified atom stereocenters. The molecule has 0 aromatic rings. The van der Waals surface area contributed by atoms with Crippen molar-refractivity contribution in [2.45, 2.75) is 32.7 Å². The SMILES string of the molecule is CCC(C)(C)[NH2+]C. The number of quaternary nitrogens is 1. The molecule has 0 aromatic heterocycles. The summed E-state index contributed by atoms with van der Waals surface area (Å²) in [5.41, 5.74) is 0.458. The van der Waals surface area contributed by atoms with Gasteiger partial charge in [-0.05, 0) is 20.3 Å². The lowest BCUT2D eigenvalue weighted by molar-refractivity contribution is -0.696. The molecular weight excluding hydrogens is 86.1 g/mol. The van der Waals surface area contributed by atoms with Gasteiger partial charge in [-0.1, -0.05) is 6.92 Å². The highest BCUT2D eigenvalue weighted by atomic mass is 14.9. The lowest BCUT2D eigenvalue weighted by atomic mass is 10.0. The van der Waals surface area contributed by atoms with Crippen LogP contribution in [-0.4, -0.2) is 12.6 Å². The number of hydrogen-bond donors (Lipinski definition) is 1. The molecule has 0 rings (SSSR count). The summed E-state index contributed by atoms with van der Waals surface area (Å²) >= 11 is 0. The molecule has 0 bridgehead atoms. The third-order valence-electron chi connectivity index (χ3n) is 1.69. The Morgan fingerprint density at radius 2 is 1.86 bits per heavy atom. The van der Waals surface area contributed by atoms with E-state index in [2.05, 4.69) is 33.1 Å². The predicted molar refractivity (Wildman–Crippen MR) is 32.2 cm³/mol. The van der Waals surface area contributed by atoms with E-state index in [1.165, 1.54) is 6.42 Å². The summed E-state index contributed by atoms with van der Waals surface area (Å²) in [4.78, 5) is 0. The first kappa shape index (κ1) is 6.96. The van der Waals surface area contributed by atoms with E-state index >= 15 is 0 Å². The molecule has 0 spiro atoms. The van der Waals surface area contributed by atoms with Crippen molar-refractivity contribution in [3.8, 4) is 0 Å². The first-order chi connectivity index (χ1) is 3.12. The first-order valence-electron chi connectivity index (χ1n) is 2.93. The lowest BCUT2D eigenvalue weighted by Gasteiger charge is -2.16. The Morgan fingerprint density at radius 3 is 1.86 bits per heavy atom. The Bertz CT molecular complexity index is 42.1. The molecular formula is C6H16N+. The Hall–Kier alpha value is -0.0400. The smallest absolute Gasteiger partial charge is 0.0899 e. The van der Waals surface area contributed by atoms with E-state index in [-0.39, 0.29) is 0 Å². The molecule has 44 valence electrons. The van der Waals surface area contributed by atoms with Crippen molar-refractivity contribution in [3.63, 3.8) is 0 Å². The maximum Gasteiger partial charge on any atom is 0.0899 e. The van der Waals surface area contributed by atoms with Gasteiger partial charge in [0.15, 0.2) is 0 Å². The van der Waals surface area contributed by atoms with Crippen LogP contribution in [0, 0.1) is 0 Å². The van der Waals surface area contributed by atoms with Crippen LogP contribution in [0.2, 0.25) is 0 Å². The Labute approximate surface area is 46.1 Å². The molecule has 0 heterocycles. The van der Waals surface area contributed by atoms with Gasteiger partial charge < -0.3 is 5.32 Å². The van der Waals surface area contributed by atoms with Crippen molar-refractivity contribution in [2.24, 2.45) is 0 Å². The molecule has 1 nitrogen and oxygen atoms in total. The molecule has 0 aliphatic carbocycles. The molecule has 7 heavy (non-hydrogen) atoms. The van der Waals surface area contributed by atoms with E-state index in [0.717, 1.165) is 0 Å². The van der Waals surface area contributed by atoms with E-state index in [1.807, 2.05) is 0 Å². The van der Waals surface area contributed by atoms with Gasteiger partial charge in [0.1, 0.15) is 0 Å². The molecule has 0 atom stereocenters. The number of hydrogen-bond acceptors (Lipinski definition) is 0. The van der Waals surface area contributed by atoms with E-state index in [4.69, 9.17) is 0 Å². The van der Waals surface area contributed by atoms with E-state index < -0.39 is 0 Å². The van der Waals surface area contributed by atoms with Gasteiger partial charge in [0.2, 0.25) is 0 Å². The summed E-state index contributed by atoms with van der Waals surface area (Å²) in [6.07, 6.45) is 1.24. The molecule has 0 fully saturated rings. The lowest BCUT2D eigenvalue weighted by Crippen LogP contribution is -2.91. The van der Waals surface area contributed by atoms with Gasteiger partial charge in [-0.2, -0.15) is 0 Å². The van der Waals surface area contributed by atoms with Gasteiger partial charge in [0.25, 0.3) is 0 Å². The van der Waals surface area contributed by atoms with Gasteiger partial charge in [0, 0.05) is 0 Å². The molecule has 0 aliphatic heterocycles. The Morgan fingerprint density at radius 1 is 1.43 bits per heavy atom. The maximum atomic E-state index is 2.24. The molecule has 0 saturated heterocycles. The van der Waals surface area contributed by atoms with Crippen LogP contribution in [0.5, 0.6) is 0 Å². The summed E-state index contributed by atoms with van der Waals surface area (Å²) in [6, 6.07) is 0. The fourth-order valence-electron chi connectivity index (χ4n) is 0.204. The monoisotopic (exact) mass is 102 g/mol. The normalized spacial score (nSPS) is 12.0. The minimum absolute atomic E-state index is 0.458. The summed E-state index contributed by atoms with van der Waals surface area (Å²) in [6.45, 7) is 6.69. The van der Waals surface area contributed by atoms with Crippen molar-refractivity contribution in [2.75, 3.05) is 7.05 Å². The highest BCUT2D eigenvalue weighted by molar-refractivity contribution is 4.58. The molecule has 0 aromatic carbocycles. The van der Waals surface area contributed by atoms with Gasteiger partial charge in [-0.3, -0.25) is 0 Å². The molecule has 1 heteroatoms. The zero-order valence-corrected chi connectivity index (χ0v) is 5.78. The molecule has 2 N–H and O–H groups in total. The zero-order chi connectivity index (χ0) is 5.91. The summed E-state index contributed by atoms with van der Waals surface area (Å²) < 4.78 is 0. The quantitative estimate of drug-likeness (QED) is 0.518. The average molecular weight is 102 g/mol. The van der Waals surface area contributed by atoms with Gasteiger partial charge in [-0.25, -0.2) is 0 Å². The second-order valence-corrected chi connectivity index (χ2v) is 2.63. The van der Waals surface area contributed by atoms with Crippen LogP contribution in [0.1, 0.15) is 27.2 Å². The van der Waals surface area contributed by atoms with Crippen LogP contribution in [0.4, 0.5) is 0 Å². The van der Waals surface area contributed by atoms with Crippen molar-refractivity contribution >= 4 is 0 Å². The van der Waals surface area contributed by atoms with Gasteiger partial charge in [-0.15, -0.1) is 0 Å². The molecule has 0 amide bonds. The Kier molecular flexibility index (Phi) is 2.30. The first-order valence-corrected chi connectivity index (χ1v) is 2.93. The summed E-state index contributed by atoms with van der Waals surface area (Å²) in [5, 5.41) is 2.24. The summed E-state index contributed by atoms with van der Waals surface area (Å²) in [5.74, 6) is 0. The molecule has 0 radical (unpaired) electrons. The number of rotatable bonds is 2. The summed E-state index contributed by atoms with van der Waals surface area (Å²) in [7, 11) is 2.11. The van der Waals surface area contributed by atoms with Gasteiger partial charge in [0.05, 0.1) is 12.6 Å². The molecule has 0 saturated carbocycles. The van der Waals surface area contributed by atoms with Crippen molar-refractivity contribution < 1.29 is 5.32 Å². The largest absolute Gasteiger partial charge is 0.344 e. The maximum absolute atomic E-state index is 2.24. The van der Waals surface area contributed by atoms with Crippen LogP contribution in [0.15, 0.2) is 0 Å². The third-order valence-corrected chi connectivity index (χ3v) is 1.69. The second-order valence-electron chi connectivity index (χ2n) is 2.63. The van der Waals surface area contributed by atoms with E-state index in [0.29, 0.717) is 5.54 Å². The average Bonchev–Trinajstić information content (AvgIpc) is 1.68. The van der Waals surface area contributed by atoms with Crippen LogP contribution >= 0.6 is 0 Å².